The minimum Gasteiger partial charge on any atom is -0.325 e. The number of carbonyl (C=O) groups is 3. The summed E-state index contributed by atoms with van der Waals surface area (Å²) >= 11 is 0. The maximum absolute atomic E-state index is 13.0. The minimum atomic E-state index is -0.825. The molecule has 9 nitrogen and oxygen atoms in total. The largest absolute Gasteiger partial charge is 0.325 e. The van der Waals surface area contributed by atoms with E-state index in [2.05, 4.69) is 20.6 Å². The van der Waals surface area contributed by atoms with Crippen molar-refractivity contribution < 1.29 is 14.4 Å². The van der Waals surface area contributed by atoms with Crippen molar-refractivity contribution in [2.75, 3.05) is 6.54 Å². The van der Waals surface area contributed by atoms with Gasteiger partial charge < -0.3 is 4.90 Å². The first-order valence-corrected chi connectivity index (χ1v) is 8.92. The number of pyridine rings is 1. The van der Waals surface area contributed by atoms with Gasteiger partial charge in [0.05, 0.1) is 23.3 Å². The Labute approximate surface area is 160 Å². The molecule has 1 atom stereocenters. The number of imide groups is 1. The van der Waals surface area contributed by atoms with Crippen LogP contribution in [0.5, 0.6) is 0 Å². The molecule has 3 aromatic rings. The molecule has 0 radical (unpaired) electrons. The Bertz CT molecular complexity index is 1100. The standard InChI is InChI=1S/C19H18N6O3/c1-3-24(14-10-15(26)21-18(14)27)19(28)16-11(2)25(23-22-16)13-8-4-6-12-7-5-9-20-17(12)13/h4-9,14H,3,10H2,1-2H3,(H,21,26,27)/t14-/m0/s1. The van der Waals surface area contributed by atoms with Gasteiger partial charge in [0, 0.05) is 18.1 Å². The summed E-state index contributed by atoms with van der Waals surface area (Å²) in [4.78, 5) is 42.3. The van der Waals surface area contributed by atoms with Crippen molar-refractivity contribution in [3.8, 4) is 5.69 Å². The summed E-state index contributed by atoms with van der Waals surface area (Å²) in [5.74, 6) is -1.29. The van der Waals surface area contributed by atoms with Crippen molar-refractivity contribution in [2.45, 2.75) is 26.3 Å². The molecule has 3 amide bonds. The summed E-state index contributed by atoms with van der Waals surface area (Å²) in [5.41, 5.74) is 2.12. The Kier molecular flexibility index (Phi) is 4.34. The molecule has 4 rings (SSSR count). The molecule has 1 aliphatic rings. The van der Waals surface area contributed by atoms with E-state index >= 15 is 0 Å². The molecule has 0 aliphatic carbocycles. The summed E-state index contributed by atoms with van der Waals surface area (Å²) in [7, 11) is 0. The van der Waals surface area contributed by atoms with Crippen LogP contribution in [-0.4, -0.2) is 55.2 Å². The Morgan fingerprint density at radius 2 is 2.07 bits per heavy atom. The highest BCUT2D eigenvalue weighted by Gasteiger charge is 2.38. The van der Waals surface area contributed by atoms with Crippen LogP contribution in [0.25, 0.3) is 16.6 Å². The van der Waals surface area contributed by atoms with Gasteiger partial charge in [0.2, 0.25) is 11.8 Å². The Balaban J connectivity index is 1.73. The van der Waals surface area contributed by atoms with Crippen LogP contribution in [0.4, 0.5) is 0 Å². The van der Waals surface area contributed by atoms with Crippen molar-refractivity contribution in [3.63, 3.8) is 0 Å². The monoisotopic (exact) mass is 378 g/mol. The molecule has 1 saturated heterocycles. The summed E-state index contributed by atoms with van der Waals surface area (Å²) in [6.45, 7) is 3.76. The van der Waals surface area contributed by atoms with Gasteiger partial charge in [0.1, 0.15) is 6.04 Å². The zero-order valence-corrected chi connectivity index (χ0v) is 15.4. The summed E-state index contributed by atoms with van der Waals surface area (Å²) < 4.78 is 1.57. The molecule has 1 aromatic carbocycles. The van der Waals surface area contributed by atoms with E-state index in [1.165, 1.54) is 4.90 Å². The molecule has 9 heteroatoms. The lowest BCUT2D eigenvalue weighted by atomic mass is 10.1. The van der Waals surface area contributed by atoms with Gasteiger partial charge in [-0.15, -0.1) is 5.10 Å². The quantitative estimate of drug-likeness (QED) is 0.678. The molecule has 0 saturated carbocycles. The van der Waals surface area contributed by atoms with E-state index in [1.807, 2.05) is 30.3 Å². The molecular formula is C19H18N6O3. The van der Waals surface area contributed by atoms with Gasteiger partial charge in [-0.3, -0.25) is 24.7 Å². The molecule has 1 N–H and O–H groups in total. The number of fused-ring (bicyclic) bond motifs is 1. The summed E-state index contributed by atoms with van der Waals surface area (Å²) in [5, 5.41) is 11.4. The Morgan fingerprint density at radius 3 is 2.79 bits per heavy atom. The smallest absolute Gasteiger partial charge is 0.277 e. The molecule has 3 heterocycles. The maximum Gasteiger partial charge on any atom is 0.277 e. The topological polar surface area (TPSA) is 110 Å². The number of likely N-dealkylation sites (N-methyl/N-ethyl adjacent to an activating group) is 1. The van der Waals surface area contributed by atoms with E-state index in [1.54, 1.807) is 24.7 Å². The van der Waals surface area contributed by atoms with Crippen molar-refractivity contribution in [2.24, 2.45) is 0 Å². The van der Waals surface area contributed by atoms with Gasteiger partial charge in [-0.1, -0.05) is 23.4 Å². The lowest BCUT2D eigenvalue weighted by molar-refractivity contribution is -0.126. The number of carbonyl (C=O) groups excluding carboxylic acids is 3. The fourth-order valence-electron chi connectivity index (χ4n) is 3.45. The molecule has 1 fully saturated rings. The second kappa shape index (κ2) is 6.84. The van der Waals surface area contributed by atoms with Crippen molar-refractivity contribution in [1.29, 1.82) is 0 Å². The lowest BCUT2D eigenvalue weighted by Crippen LogP contribution is -2.44. The summed E-state index contributed by atoms with van der Waals surface area (Å²) in [6.07, 6.45) is 1.65. The SMILES string of the molecule is CCN(C(=O)c1nnn(-c2cccc3cccnc23)c1C)[C@H]1CC(=O)NC1=O. The predicted octanol–water partition coefficient (Wildman–Crippen LogP) is 1.00. The van der Waals surface area contributed by atoms with E-state index in [4.69, 9.17) is 0 Å². The van der Waals surface area contributed by atoms with E-state index in [0.29, 0.717) is 11.4 Å². The van der Waals surface area contributed by atoms with E-state index in [0.717, 1.165) is 10.9 Å². The highest BCUT2D eigenvalue weighted by molar-refractivity contribution is 6.08. The van der Waals surface area contributed by atoms with Gasteiger partial charge in [0.15, 0.2) is 5.69 Å². The van der Waals surface area contributed by atoms with Crippen molar-refractivity contribution in [1.82, 2.24) is 30.2 Å². The van der Waals surface area contributed by atoms with Gasteiger partial charge in [-0.25, -0.2) is 4.68 Å². The average Bonchev–Trinajstić information content (AvgIpc) is 3.23. The number of para-hydroxylation sites is 1. The Hall–Kier alpha value is -3.62. The molecule has 0 unspecified atom stereocenters. The van der Waals surface area contributed by atoms with Crippen LogP contribution in [0.3, 0.4) is 0 Å². The molecule has 0 spiro atoms. The minimum absolute atomic E-state index is 0.0428. The third-order valence-electron chi connectivity index (χ3n) is 4.86. The molecule has 0 bridgehead atoms. The lowest BCUT2D eigenvalue weighted by Gasteiger charge is -2.24. The van der Waals surface area contributed by atoms with Gasteiger partial charge in [0.25, 0.3) is 5.91 Å². The molecule has 28 heavy (non-hydrogen) atoms. The van der Waals surface area contributed by atoms with Crippen molar-refractivity contribution in [3.05, 3.63) is 47.9 Å². The maximum atomic E-state index is 13.0. The van der Waals surface area contributed by atoms with Crippen LogP contribution in [0.1, 0.15) is 29.5 Å². The first-order valence-electron chi connectivity index (χ1n) is 8.92. The number of rotatable bonds is 4. The molecular weight excluding hydrogens is 360 g/mol. The highest BCUT2D eigenvalue weighted by Crippen LogP contribution is 2.22. The van der Waals surface area contributed by atoms with E-state index in [9.17, 15) is 14.4 Å². The number of nitrogens with zero attached hydrogens (tertiary/aromatic N) is 5. The molecule has 1 aliphatic heterocycles. The van der Waals surface area contributed by atoms with Crippen LogP contribution in [0.15, 0.2) is 36.5 Å². The molecule has 2 aromatic heterocycles. The fourth-order valence-corrected chi connectivity index (χ4v) is 3.45. The second-order valence-corrected chi connectivity index (χ2v) is 6.51. The first-order chi connectivity index (χ1) is 13.5. The number of aromatic nitrogens is 4. The van der Waals surface area contributed by atoms with Crippen LogP contribution >= 0.6 is 0 Å². The molecule has 142 valence electrons. The van der Waals surface area contributed by atoms with Crippen LogP contribution in [-0.2, 0) is 9.59 Å². The van der Waals surface area contributed by atoms with E-state index in [-0.39, 0.29) is 24.6 Å². The van der Waals surface area contributed by atoms with Crippen LogP contribution in [0, 0.1) is 6.92 Å². The number of nitrogens with one attached hydrogen (secondary N) is 1. The van der Waals surface area contributed by atoms with E-state index < -0.39 is 17.9 Å². The average molecular weight is 378 g/mol. The van der Waals surface area contributed by atoms with Crippen LogP contribution < -0.4 is 5.32 Å². The third-order valence-corrected chi connectivity index (χ3v) is 4.86. The van der Waals surface area contributed by atoms with Crippen LogP contribution in [0.2, 0.25) is 0 Å². The second-order valence-electron chi connectivity index (χ2n) is 6.51. The third kappa shape index (κ3) is 2.81. The van der Waals surface area contributed by atoms with Gasteiger partial charge in [-0.05, 0) is 26.0 Å². The van der Waals surface area contributed by atoms with Gasteiger partial charge >= 0.3 is 0 Å². The number of hydrogen-bond acceptors (Lipinski definition) is 6. The summed E-state index contributed by atoms with van der Waals surface area (Å²) in [6, 6.07) is 8.65. The first kappa shape index (κ1) is 17.8. The number of benzene rings is 1. The zero-order chi connectivity index (χ0) is 19.8. The van der Waals surface area contributed by atoms with Gasteiger partial charge in [-0.2, -0.15) is 0 Å². The number of amides is 3. The Morgan fingerprint density at radius 1 is 1.29 bits per heavy atom. The zero-order valence-electron chi connectivity index (χ0n) is 15.4. The normalized spacial score (nSPS) is 16.4. The number of hydrogen-bond donors (Lipinski definition) is 1. The van der Waals surface area contributed by atoms with Crippen molar-refractivity contribution >= 4 is 28.6 Å². The fraction of sp³-hybridized carbons (Fsp3) is 0.263. The predicted molar refractivity (Wildman–Crippen MR) is 99.7 cm³/mol. The highest BCUT2D eigenvalue weighted by atomic mass is 16.2.